The summed E-state index contributed by atoms with van der Waals surface area (Å²) in [6.45, 7) is 2.44. The van der Waals surface area contributed by atoms with Crippen molar-refractivity contribution in [2.75, 3.05) is 0 Å². The summed E-state index contributed by atoms with van der Waals surface area (Å²) in [5.74, 6) is 0. The average Bonchev–Trinajstić information content (AvgIpc) is 2.45. The maximum absolute atomic E-state index is 10.8. The standard InChI is InChI=1S/C10H11NO2/c1-7-9-5-3-2-4-8(9)6-11(7)10(12)13/h2-5,7H,6H2,1H3,(H,12,13). The molecule has 0 aliphatic carbocycles. The molecule has 3 heteroatoms. The van der Waals surface area contributed by atoms with Gasteiger partial charge in [0, 0.05) is 6.54 Å². The van der Waals surface area contributed by atoms with Gasteiger partial charge in [0.2, 0.25) is 0 Å². The lowest BCUT2D eigenvalue weighted by atomic mass is 10.1. The molecule has 1 aromatic rings. The van der Waals surface area contributed by atoms with Crippen molar-refractivity contribution < 1.29 is 9.90 Å². The van der Waals surface area contributed by atoms with Gasteiger partial charge in [-0.2, -0.15) is 0 Å². The minimum absolute atomic E-state index is 0.00583. The number of benzene rings is 1. The molecule has 2 rings (SSSR count). The smallest absolute Gasteiger partial charge is 0.408 e. The van der Waals surface area contributed by atoms with E-state index >= 15 is 0 Å². The molecule has 0 bridgehead atoms. The lowest BCUT2D eigenvalue weighted by Gasteiger charge is -2.17. The first-order chi connectivity index (χ1) is 6.20. The Kier molecular flexibility index (Phi) is 1.72. The van der Waals surface area contributed by atoms with Crippen LogP contribution < -0.4 is 0 Å². The summed E-state index contributed by atoms with van der Waals surface area (Å²) in [4.78, 5) is 12.3. The molecule has 68 valence electrons. The zero-order valence-corrected chi connectivity index (χ0v) is 7.40. The fraction of sp³-hybridized carbons (Fsp3) is 0.300. The third kappa shape index (κ3) is 1.16. The van der Waals surface area contributed by atoms with E-state index in [0.29, 0.717) is 6.54 Å². The second-order valence-electron chi connectivity index (χ2n) is 3.29. The van der Waals surface area contributed by atoms with Gasteiger partial charge in [0.15, 0.2) is 0 Å². The highest BCUT2D eigenvalue weighted by Gasteiger charge is 2.29. The number of carboxylic acid groups (broad SMARTS) is 1. The van der Waals surface area contributed by atoms with Gasteiger partial charge in [-0.1, -0.05) is 24.3 Å². The summed E-state index contributed by atoms with van der Waals surface area (Å²) in [6.07, 6.45) is -0.844. The van der Waals surface area contributed by atoms with Crippen LogP contribution in [0.3, 0.4) is 0 Å². The van der Waals surface area contributed by atoms with Crippen LogP contribution in [-0.4, -0.2) is 16.1 Å². The molecule has 0 spiro atoms. The first kappa shape index (κ1) is 8.10. The number of hydrogen-bond donors (Lipinski definition) is 1. The SMILES string of the molecule is CC1c2ccccc2CN1C(=O)O. The molecule has 0 radical (unpaired) electrons. The highest BCUT2D eigenvalue weighted by Crippen LogP contribution is 2.32. The molecule has 0 aromatic heterocycles. The van der Waals surface area contributed by atoms with Crippen LogP contribution in [0.2, 0.25) is 0 Å². The maximum Gasteiger partial charge on any atom is 0.408 e. The van der Waals surface area contributed by atoms with Gasteiger partial charge in [-0.15, -0.1) is 0 Å². The second-order valence-corrected chi connectivity index (χ2v) is 3.29. The summed E-state index contributed by atoms with van der Waals surface area (Å²) < 4.78 is 0. The Balaban J connectivity index is 2.38. The van der Waals surface area contributed by atoms with Gasteiger partial charge in [-0.3, -0.25) is 4.90 Å². The topological polar surface area (TPSA) is 40.5 Å². The van der Waals surface area contributed by atoms with E-state index in [9.17, 15) is 4.79 Å². The lowest BCUT2D eigenvalue weighted by Crippen LogP contribution is -2.25. The van der Waals surface area contributed by atoms with Crippen molar-refractivity contribution >= 4 is 6.09 Å². The predicted octanol–water partition coefficient (Wildman–Crippen LogP) is 2.24. The van der Waals surface area contributed by atoms with Crippen molar-refractivity contribution in [2.45, 2.75) is 19.5 Å². The Hall–Kier alpha value is -1.51. The van der Waals surface area contributed by atoms with Gasteiger partial charge < -0.3 is 5.11 Å². The third-order valence-electron chi connectivity index (χ3n) is 2.56. The number of fused-ring (bicyclic) bond motifs is 1. The van der Waals surface area contributed by atoms with Crippen LogP contribution >= 0.6 is 0 Å². The summed E-state index contributed by atoms with van der Waals surface area (Å²) in [5.41, 5.74) is 2.25. The molecule has 1 aliphatic rings. The molecular formula is C10H11NO2. The maximum atomic E-state index is 10.8. The quantitative estimate of drug-likeness (QED) is 0.660. The van der Waals surface area contributed by atoms with Crippen LogP contribution in [0, 0.1) is 0 Å². The number of carbonyl (C=O) groups is 1. The van der Waals surface area contributed by atoms with E-state index in [1.807, 2.05) is 31.2 Å². The number of nitrogens with zero attached hydrogens (tertiary/aromatic N) is 1. The fourth-order valence-electron chi connectivity index (χ4n) is 1.81. The van der Waals surface area contributed by atoms with Crippen molar-refractivity contribution in [3.8, 4) is 0 Å². The zero-order valence-electron chi connectivity index (χ0n) is 7.40. The number of amides is 1. The molecule has 1 atom stereocenters. The minimum atomic E-state index is -0.844. The van der Waals surface area contributed by atoms with E-state index in [0.717, 1.165) is 11.1 Å². The molecule has 1 N–H and O–H groups in total. The van der Waals surface area contributed by atoms with Gasteiger partial charge in [-0.25, -0.2) is 4.79 Å². The van der Waals surface area contributed by atoms with E-state index in [2.05, 4.69) is 0 Å². The minimum Gasteiger partial charge on any atom is -0.465 e. The van der Waals surface area contributed by atoms with Crippen LogP contribution in [0.4, 0.5) is 4.79 Å². The highest BCUT2D eigenvalue weighted by molar-refractivity contribution is 5.67. The molecule has 13 heavy (non-hydrogen) atoms. The Morgan fingerprint density at radius 1 is 1.54 bits per heavy atom. The summed E-state index contributed by atoms with van der Waals surface area (Å²) in [7, 11) is 0. The lowest BCUT2D eigenvalue weighted by molar-refractivity contribution is 0.132. The summed E-state index contributed by atoms with van der Waals surface area (Å²) in [6, 6.07) is 7.85. The van der Waals surface area contributed by atoms with Gasteiger partial charge in [-0.05, 0) is 18.1 Å². The monoisotopic (exact) mass is 177 g/mol. The largest absolute Gasteiger partial charge is 0.465 e. The van der Waals surface area contributed by atoms with Crippen LogP contribution in [0.25, 0.3) is 0 Å². The average molecular weight is 177 g/mol. The number of rotatable bonds is 0. The first-order valence-electron chi connectivity index (χ1n) is 4.27. The van der Waals surface area contributed by atoms with E-state index < -0.39 is 6.09 Å². The predicted molar refractivity (Wildman–Crippen MR) is 48.4 cm³/mol. The van der Waals surface area contributed by atoms with Crippen LogP contribution in [0.1, 0.15) is 24.1 Å². The molecule has 0 saturated carbocycles. The van der Waals surface area contributed by atoms with E-state index in [4.69, 9.17) is 5.11 Å². The Bertz CT molecular complexity index is 349. The Morgan fingerprint density at radius 2 is 2.23 bits per heavy atom. The van der Waals surface area contributed by atoms with Crippen LogP contribution in [-0.2, 0) is 6.54 Å². The molecule has 0 fully saturated rings. The Morgan fingerprint density at radius 3 is 2.85 bits per heavy atom. The molecular weight excluding hydrogens is 166 g/mol. The van der Waals surface area contributed by atoms with E-state index in [1.54, 1.807) is 0 Å². The van der Waals surface area contributed by atoms with Crippen molar-refractivity contribution in [1.29, 1.82) is 0 Å². The number of hydrogen-bond acceptors (Lipinski definition) is 1. The van der Waals surface area contributed by atoms with Crippen molar-refractivity contribution in [3.63, 3.8) is 0 Å². The fourth-order valence-corrected chi connectivity index (χ4v) is 1.81. The van der Waals surface area contributed by atoms with Crippen molar-refractivity contribution in [1.82, 2.24) is 4.90 Å². The normalized spacial score (nSPS) is 20.1. The Labute approximate surface area is 76.6 Å². The third-order valence-corrected chi connectivity index (χ3v) is 2.56. The van der Waals surface area contributed by atoms with E-state index in [1.165, 1.54) is 4.90 Å². The van der Waals surface area contributed by atoms with Gasteiger partial charge >= 0.3 is 6.09 Å². The molecule has 1 aromatic carbocycles. The molecule has 1 amide bonds. The molecule has 0 saturated heterocycles. The zero-order chi connectivity index (χ0) is 9.42. The van der Waals surface area contributed by atoms with E-state index in [-0.39, 0.29) is 6.04 Å². The van der Waals surface area contributed by atoms with Crippen LogP contribution in [0.15, 0.2) is 24.3 Å². The highest BCUT2D eigenvalue weighted by atomic mass is 16.4. The van der Waals surface area contributed by atoms with Crippen LogP contribution in [0.5, 0.6) is 0 Å². The molecule has 1 heterocycles. The van der Waals surface area contributed by atoms with Crippen molar-refractivity contribution in [3.05, 3.63) is 35.4 Å². The molecule has 3 nitrogen and oxygen atoms in total. The van der Waals surface area contributed by atoms with Gasteiger partial charge in [0.05, 0.1) is 6.04 Å². The first-order valence-corrected chi connectivity index (χ1v) is 4.27. The van der Waals surface area contributed by atoms with Crippen molar-refractivity contribution in [2.24, 2.45) is 0 Å². The molecule has 1 aliphatic heterocycles. The van der Waals surface area contributed by atoms with Gasteiger partial charge in [0.25, 0.3) is 0 Å². The summed E-state index contributed by atoms with van der Waals surface area (Å²) in [5, 5.41) is 8.88. The molecule has 1 unspecified atom stereocenters. The second kappa shape index (κ2) is 2.76. The summed E-state index contributed by atoms with van der Waals surface area (Å²) >= 11 is 0. The van der Waals surface area contributed by atoms with Gasteiger partial charge in [0.1, 0.15) is 0 Å².